The van der Waals surface area contributed by atoms with E-state index in [1.54, 1.807) is 0 Å². The highest BCUT2D eigenvalue weighted by Crippen LogP contribution is 2.16. The monoisotopic (exact) mass is 300 g/mol. The van der Waals surface area contributed by atoms with E-state index in [1.807, 2.05) is 12.3 Å². The normalized spacial score (nSPS) is 10.9. The molecule has 4 heteroatoms. The van der Waals surface area contributed by atoms with Gasteiger partial charge in [0.2, 0.25) is 0 Å². The Morgan fingerprint density at radius 3 is 2.82 bits per heavy atom. The number of rotatable bonds is 7. The molecule has 0 amide bonds. The van der Waals surface area contributed by atoms with Crippen molar-refractivity contribution < 1.29 is 4.74 Å². The molecule has 1 heterocycles. The number of nitrogens with zero attached hydrogens (tertiary/aromatic N) is 1. The van der Waals surface area contributed by atoms with Gasteiger partial charge in [0.15, 0.2) is 0 Å². The van der Waals surface area contributed by atoms with Gasteiger partial charge in [0.05, 0.1) is 6.61 Å². The minimum absolute atomic E-state index is 0.707. The fraction of sp³-hybridized carbons (Fsp3) is 0.615. The van der Waals surface area contributed by atoms with Crippen LogP contribution in [0.1, 0.15) is 25.8 Å². The van der Waals surface area contributed by atoms with Crippen molar-refractivity contribution >= 4 is 21.7 Å². The molecule has 17 heavy (non-hydrogen) atoms. The summed E-state index contributed by atoms with van der Waals surface area (Å²) < 4.78 is 6.56. The van der Waals surface area contributed by atoms with Gasteiger partial charge in [-0.25, -0.2) is 4.98 Å². The summed E-state index contributed by atoms with van der Waals surface area (Å²) in [6.45, 7) is 8.82. The minimum atomic E-state index is 0.707. The van der Waals surface area contributed by atoms with Crippen LogP contribution >= 0.6 is 15.9 Å². The summed E-state index contributed by atoms with van der Waals surface area (Å²) in [4.78, 5) is 4.27. The lowest BCUT2D eigenvalue weighted by molar-refractivity contribution is 0.132. The number of aromatic nitrogens is 1. The third-order valence-corrected chi connectivity index (χ3v) is 3.27. The summed E-state index contributed by atoms with van der Waals surface area (Å²) >= 11 is 3.43. The maximum absolute atomic E-state index is 5.52. The molecule has 1 aromatic heterocycles. The van der Waals surface area contributed by atoms with Gasteiger partial charge in [0.1, 0.15) is 5.82 Å². The van der Waals surface area contributed by atoms with Gasteiger partial charge in [0, 0.05) is 23.8 Å². The van der Waals surface area contributed by atoms with Crippen molar-refractivity contribution in [2.75, 3.05) is 25.1 Å². The van der Waals surface area contributed by atoms with E-state index < -0.39 is 0 Å². The standard InChI is InChI=1S/C13H21BrN2O/c1-10(2)4-6-17-7-5-15-13-8-11(3)12(14)9-16-13/h8-10H,4-7H2,1-3H3,(H,15,16). The molecule has 0 atom stereocenters. The first-order valence-electron chi connectivity index (χ1n) is 6.03. The summed E-state index contributed by atoms with van der Waals surface area (Å²) in [6, 6.07) is 2.03. The fourth-order valence-corrected chi connectivity index (χ4v) is 1.53. The second-order valence-electron chi connectivity index (χ2n) is 4.54. The average molecular weight is 301 g/mol. The highest BCUT2D eigenvalue weighted by atomic mass is 79.9. The highest BCUT2D eigenvalue weighted by molar-refractivity contribution is 9.10. The zero-order valence-corrected chi connectivity index (χ0v) is 12.4. The van der Waals surface area contributed by atoms with Crippen LogP contribution in [0.5, 0.6) is 0 Å². The van der Waals surface area contributed by atoms with Gasteiger partial charge in [-0.2, -0.15) is 0 Å². The van der Waals surface area contributed by atoms with Crippen LogP contribution in [-0.2, 0) is 4.74 Å². The second kappa shape index (κ2) is 7.67. The van der Waals surface area contributed by atoms with Crippen molar-refractivity contribution in [1.29, 1.82) is 0 Å². The second-order valence-corrected chi connectivity index (χ2v) is 5.39. The van der Waals surface area contributed by atoms with Gasteiger partial charge in [0.25, 0.3) is 0 Å². The van der Waals surface area contributed by atoms with Crippen LogP contribution in [0.3, 0.4) is 0 Å². The van der Waals surface area contributed by atoms with E-state index in [-0.39, 0.29) is 0 Å². The molecule has 0 aliphatic carbocycles. The fourth-order valence-electron chi connectivity index (χ4n) is 1.31. The Labute approximate surface area is 112 Å². The molecule has 0 spiro atoms. The third-order valence-electron chi connectivity index (χ3n) is 2.44. The number of hydrogen-bond donors (Lipinski definition) is 1. The molecule has 0 aliphatic rings. The molecule has 3 nitrogen and oxygen atoms in total. The lowest BCUT2D eigenvalue weighted by atomic mass is 10.1. The van der Waals surface area contributed by atoms with E-state index in [1.165, 1.54) is 5.56 Å². The topological polar surface area (TPSA) is 34.1 Å². The van der Waals surface area contributed by atoms with Crippen molar-refractivity contribution in [3.8, 4) is 0 Å². The Morgan fingerprint density at radius 1 is 1.41 bits per heavy atom. The minimum Gasteiger partial charge on any atom is -0.380 e. The van der Waals surface area contributed by atoms with Gasteiger partial charge >= 0.3 is 0 Å². The molecule has 0 saturated heterocycles. The predicted molar refractivity (Wildman–Crippen MR) is 75.4 cm³/mol. The average Bonchev–Trinajstić information content (AvgIpc) is 2.27. The van der Waals surface area contributed by atoms with Crippen LogP contribution < -0.4 is 5.32 Å². The zero-order chi connectivity index (χ0) is 12.7. The van der Waals surface area contributed by atoms with Crippen molar-refractivity contribution in [3.05, 3.63) is 22.3 Å². The molecular formula is C13H21BrN2O. The molecule has 0 unspecified atom stereocenters. The molecular weight excluding hydrogens is 280 g/mol. The lowest BCUT2D eigenvalue weighted by Gasteiger charge is -2.08. The first-order chi connectivity index (χ1) is 8.09. The number of ether oxygens (including phenoxy) is 1. The van der Waals surface area contributed by atoms with Gasteiger partial charge in [-0.1, -0.05) is 13.8 Å². The summed E-state index contributed by atoms with van der Waals surface area (Å²) in [5.74, 6) is 1.61. The van der Waals surface area contributed by atoms with Crippen molar-refractivity contribution in [3.63, 3.8) is 0 Å². The molecule has 0 fully saturated rings. The molecule has 1 N–H and O–H groups in total. The van der Waals surface area contributed by atoms with Crippen LogP contribution in [0.25, 0.3) is 0 Å². The van der Waals surface area contributed by atoms with E-state index >= 15 is 0 Å². The van der Waals surface area contributed by atoms with Crippen LogP contribution in [0.15, 0.2) is 16.7 Å². The maximum Gasteiger partial charge on any atom is 0.126 e. The van der Waals surface area contributed by atoms with Gasteiger partial charge in [-0.15, -0.1) is 0 Å². The van der Waals surface area contributed by atoms with Crippen LogP contribution in [0.2, 0.25) is 0 Å². The highest BCUT2D eigenvalue weighted by Gasteiger charge is 1.98. The maximum atomic E-state index is 5.52. The SMILES string of the molecule is Cc1cc(NCCOCCC(C)C)ncc1Br. The van der Waals surface area contributed by atoms with Crippen LogP contribution in [-0.4, -0.2) is 24.7 Å². The molecule has 1 aromatic rings. The van der Waals surface area contributed by atoms with Crippen LogP contribution in [0.4, 0.5) is 5.82 Å². The number of aryl methyl sites for hydroxylation is 1. The quantitative estimate of drug-likeness (QED) is 0.781. The number of hydrogen-bond acceptors (Lipinski definition) is 3. The summed E-state index contributed by atoms with van der Waals surface area (Å²) in [5.41, 5.74) is 1.18. The molecule has 0 aromatic carbocycles. The Hall–Kier alpha value is -0.610. The Bertz CT molecular complexity index is 342. The smallest absolute Gasteiger partial charge is 0.126 e. The molecule has 0 bridgehead atoms. The number of anilines is 1. The van der Waals surface area contributed by atoms with Crippen molar-refractivity contribution in [2.24, 2.45) is 5.92 Å². The lowest BCUT2D eigenvalue weighted by Crippen LogP contribution is -2.11. The van der Waals surface area contributed by atoms with Crippen LogP contribution in [0, 0.1) is 12.8 Å². The van der Waals surface area contributed by atoms with Gasteiger partial charge in [-0.3, -0.25) is 0 Å². The number of halogens is 1. The van der Waals surface area contributed by atoms with E-state index in [2.05, 4.69) is 47.0 Å². The van der Waals surface area contributed by atoms with Crippen molar-refractivity contribution in [2.45, 2.75) is 27.2 Å². The van der Waals surface area contributed by atoms with Gasteiger partial charge in [-0.05, 0) is 46.8 Å². The molecule has 0 aliphatic heterocycles. The number of nitrogens with one attached hydrogen (secondary N) is 1. The zero-order valence-electron chi connectivity index (χ0n) is 10.8. The van der Waals surface area contributed by atoms with Gasteiger partial charge < -0.3 is 10.1 Å². The predicted octanol–water partition coefficient (Wildman–Crippen LogP) is 3.63. The first kappa shape index (κ1) is 14.5. The Balaban J connectivity index is 2.16. The Kier molecular flexibility index (Phi) is 6.52. The largest absolute Gasteiger partial charge is 0.380 e. The molecule has 1 rings (SSSR count). The molecule has 96 valence electrons. The van der Waals surface area contributed by atoms with E-state index in [0.717, 1.165) is 36.5 Å². The van der Waals surface area contributed by atoms with E-state index in [9.17, 15) is 0 Å². The molecule has 0 radical (unpaired) electrons. The van der Waals surface area contributed by atoms with E-state index in [0.29, 0.717) is 5.92 Å². The van der Waals surface area contributed by atoms with E-state index in [4.69, 9.17) is 4.74 Å². The summed E-state index contributed by atoms with van der Waals surface area (Å²) in [6.07, 6.45) is 2.94. The van der Waals surface area contributed by atoms with Crippen molar-refractivity contribution in [1.82, 2.24) is 4.98 Å². The molecule has 0 saturated carbocycles. The first-order valence-corrected chi connectivity index (χ1v) is 6.82. The number of pyridine rings is 1. The summed E-state index contributed by atoms with van der Waals surface area (Å²) in [7, 11) is 0. The summed E-state index contributed by atoms with van der Waals surface area (Å²) in [5, 5.41) is 3.24. The third kappa shape index (κ3) is 6.03. The Morgan fingerprint density at radius 2 is 2.18 bits per heavy atom.